The van der Waals surface area contributed by atoms with Gasteiger partial charge < -0.3 is 9.64 Å². The van der Waals surface area contributed by atoms with E-state index in [2.05, 4.69) is 9.97 Å². The highest BCUT2D eigenvalue weighted by molar-refractivity contribution is 7.09. The van der Waals surface area contributed by atoms with Gasteiger partial charge in [-0.05, 0) is 32.3 Å². The molecule has 0 N–H and O–H groups in total. The molecule has 116 valence electrons. The molecule has 0 radical (unpaired) electrons. The Morgan fingerprint density at radius 1 is 1.45 bits per heavy atom. The monoisotopic (exact) mass is 317 g/mol. The molecule has 3 heterocycles. The number of thiazole rings is 1. The normalized spacial score (nSPS) is 18.3. The Morgan fingerprint density at radius 2 is 2.32 bits per heavy atom. The fourth-order valence-electron chi connectivity index (χ4n) is 2.76. The van der Waals surface area contributed by atoms with Gasteiger partial charge in [-0.2, -0.15) is 0 Å². The molecular weight excluding hydrogens is 298 g/mol. The first-order valence-corrected chi connectivity index (χ1v) is 8.30. The fraction of sp³-hybridized carbons (Fsp3) is 0.438. The first kappa shape index (κ1) is 15.0. The summed E-state index contributed by atoms with van der Waals surface area (Å²) in [5, 5.41) is 3.06. The van der Waals surface area contributed by atoms with E-state index in [1.807, 2.05) is 17.2 Å². The lowest BCUT2D eigenvalue weighted by atomic mass is 10.0. The summed E-state index contributed by atoms with van der Waals surface area (Å²) < 4.78 is 5.19. The van der Waals surface area contributed by atoms with Crippen molar-refractivity contribution in [3.8, 4) is 5.75 Å². The lowest BCUT2D eigenvalue weighted by molar-refractivity contribution is 0.0604. The third-order valence-corrected chi connectivity index (χ3v) is 4.94. The molecule has 6 heteroatoms. The van der Waals surface area contributed by atoms with Crippen LogP contribution in [-0.2, 0) is 0 Å². The molecule has 0 aromatic carbocycles. The molecule has 0 saturated carbocycles. The highest BCUT2D eigenvalue weighted by atomic mass is 32.1. The highest BCUT2D eigenvalue weighted by Crippen LogP contribution is 2.33. The van der Waals surface area contributed by atoms with Gasteiger partial charge in [0, 0.05) is 29.9 Å². The van der Waals surface area contributed by atoms with Crippen LogP contribution in [0, 0.1) is 6.92 Å². The summed E-state index contributed by atoms with van der Waals surface area (Å²) in [5.41, 5.74) is 1.44. The molecule has 0 unspecified atom stereocenters. The van der Waals surface area contributed by atoms with Gasteiger partial charge in [0.05, 0.1) is 13.2 Å². The van der Waals surface area contributed by atoms with E-state index < -0.39 is 0 Å². The van der Waals surface area contributed by atoms with Crippen molar-refractivity contribution in [1.82, 2.24) is 14.9 Å². The van der Waals surface area contributed by atoms with Crippen molar-refractivity contribution in [3.63, 3.8) is 0 Å². The summed E-state index contributed by atoms with van der Waals surface area (Å²) in [6.45, 7) is 2.74. The van der Waals surface area contributed by atoms with Gasteiger partial charge >= 0.3 is 0 Å². The molecule has 1 amide bonds. The van der Waals surface area contributed by atoms with Crippen LogP contribution in [0.15, 0.2) is 23.7 Å². The average molecular weight is 317 g/mol. The van der Waals surface area contributed by atoms with Crippen LogP contribution in [0.2, 0.25) is 0 Å². The third kappa shape index (κ3) is 2.97. The van der Waals surface area contributed by atoms with Crippen LogP contribution < -0.4 is 4.74 Å². The third-order valence-electron chi connectivity index (χ3n) is 3.87. The number of aryl methyl sites for hydroxylation is 1. The minimum atomic E-state index is -0.0450. The standard InChI is InChI=1S/C16H19N3O2S/c1-11-10-22-15(18-11)14-5-3-4-8-19(14)16(20)13-9-12(21-2)6-7-17-13/h6-7,9-10,14H,3-5,8H2,1-2H3/t14-/m1/s1. The van der Waals surface area contributed by atoms with Crippen LogP contribution in [0.25, 0.3) is 0 Å². The van der Waals surface area contributed by atoms with E-state index in [1.54, 1.807) is 36.8 Å². The molecule has 2 aromatic heterocycles. The van der Waals surface area contributed by atoms with Gasteiger partial charge in [0.1, 0.15) is 16.5 Å². The summed E-state index contributed by atoms with van der Waals surface area (Å²) in [7, 11) is 1.59. The number of hydrogen-bond acceptors (Lipinski definition) is 5. The first-order chi connectivity index (χ1) is 10.7. The van der Waals surface area contributed by atoms with Gasteiger partial charge in [-0.3, -0.25) is 9.78 Å². The number of ether oxygens (including phenoxy) is 1. The molecule has 1 atom stereocenters. The summed E-state index contributed by atoms with van der Waals surface area (Å²) in [4.78, 5) is 23.5. The number of nitrogens with zero attached hydrogens (tertiary/aromatic N) is 3. The van der Waals surface area contributed by atoms with Crippen molar-refractivity contribution in [2.24, 2.45) is 0 Å². The predicted molar refractivity (Wildman–Crippen MR) is 85.3 cm³/mol. The molecule has 0 spiro atoms. The second-order valence-corrected chi connectivity index (χ2v) is 6.31. The number of hydrogen-bond donors (Lipinski definition) is 0. The summed E-state index contributed by atoms with van der Waals surface area (Å²) in [6.07, 6.45) is 4.72. The van der Waals surface area contributed by atoms with Crippen molar-refractivity contribution in [1.29, 1.82) is 0 Å². The number of piperidine rings is 1. The Bertz CT molecular complexity index is 671. The minimum Gasteiger partial charge on any atom is -0.497 e. The number of likely N-dealkylation sites (tertiary alicyclic amines) is 1. The van der Waals surface area contributed by atoms with Crippen LogP contribution in [0.4, 0.5) is 0 Å². The van der Waals surface area contributed by atoms with Crippen LogP contribution in [-0.4, -0.2) is 34.4 Å². The van der Waals surface area contributed by atoms with Crippen molar-refractivity contribution in [3.05, 3.63) is 40.1 Å². The molecule has 22 heavy (non-hydrogen) atoms. The molecular formula is C16H19N3O2S. The smallest absolute Gasteiger partial charge is 0.273 e. The Balaban J connectivity index is 1.88. The molecule has 1 aliphatic rings. The van der Waals surface area contributed by atoms with Crippen molar-refractivity contribution >= 4 is 17.2 Å². The van der Waals surface area contributed by atoms with Gasteiger partial charge in [-0.1, -0.05) is 0 Å². The number of aromatic nitrogens is 2. The molecule has 5 nitrogen and oxygen atoms in total. The highest BCUT2D eigenvalue weighted by Gasteiger charge is 2.31. The number of amides is 1. The lowest BCUT2D eigenvalue weighted by Gasteiger charge is -2.34. The SMILES string of the molecule is COc1ccnc(C(=O)N2CCCC[C@@H]2c2nc(C)cs2)c1. The second-order valence-electron chi connectivity index (χ2n) is 5.42. The molecule has 1 fully saturated rings. The van der Waals surface area contributed by atoms with Crippen LogP contribution in [0.5, 0.6) is 5.75 Å². The van der Waals surface area contributed by atoms with Gasteiger partial charge in [0.25, 0.3) is 5.91 Å². The molecule has 3 rings (SSSR count). The number of carbonyl (C=O) groups is 1. The van der Waals surface area contributed by atoms with E-state index in [9.17, 15) is 4.79 Å². The number of pyridine rings is 1. The van der Waals surface area contributed by atoms with Gasteiger partial charge in [0.15, 0.2) is 0 Å². The largest absolute Gasteiger partial charge is 0.497 e. The summed E-state index contributed by atoms with van der Waals surface area (Å²) in [5.74, 6) is 0.605. The van der Waals surface area contributed by atoms with Gasteiger partial charge in [0.2, 0.25) is 0 Å². The topological polar surface area (TPSA) is 55.3 Å². The maximum atomic E-state index is 12.8. The maximum absolute atomic E-state index is 12.8. The molecule has 0 bridgehead atoms. The Morgan fingerprint density at radius 3 is 3.05 bits per heavy atom. The van der Waals surface area contributed by atoms with E-state index in [0.29, 0.717) is 11.4 Å². The Hall–Kier alpha value is -1.95. The Kier molecular flexibility index (Phi) is 4.38. The van der Waals surface area contributed by atoms with Crippen molar-refractivity contribution in [2.45, 2.75) is 32.2 Å². The maximum Gasteiger partial charge on any atom is 0.273 e. The van der Waals surface area contributed by atoms with Gasteiger partial charge in [-0.25, -0.2) is 4.98 Å². The van der Waals surface area contributed by atoms with Crippen molar-refractivity contribution < 1.29 is 9.53 Å². The van der Waals surface area contributed by atoms with E-state index in [4.69, 9.17) is 4.74 Å². The molecule has 0 aliphatic carbocycles. The summed E-state index contributed by atoms with van der Waals surface area (Å²) >= 11 is 1.63. The number of rotatable bonds is 3. The lowest BCUT2D eigenvalue weighted by Crippen LogP contribution is -2.38. The van der Waals surface area contributed by atoms with Gasteiger partial charge in [-0.15, -0.1) is 11.3 Å². The molecule has 1 aliphatic heterocycles. The number of carbonyl (C=O) groups excluding carboxylic acids is 1. The van der Waals surface area contributed by atoms with E-state index >= 15 is 0 Å². The van der Waals surface area contributed by atoms with Crippen LogP contribution >= 0.6 is 11.3 Å². The zero-order valence-corrected chi connectivity index (χ0v) is 13.6. The van der Waals surface area contributed by atoms with E-state index in [1.165, 1.54) is 0 Å². The first-order valence-electron chi connectivity index (χ1n) is 7.42. The summed E-state index contributed by atoms with van der Waals surface area (Å²) in [6, 6.07) is 3.50. The van der Waals surface area contributed by atoms with E-state index in [0.717, 1.165) is 36.5 Å². The molecule has 2 aromatic rings. The second kappa shape index (κ2) is 6.44. The predicted octanol–water partition coefficient (Wildman–Crippen LogP) is 3.22. The molecule has 1 saturated heterocycles. The van der Waals surface area contributed by atoms with Crippen LogP contribution in [0.1, 0.15) is 46.5 Å². The van der Waals surface area contributed by atoms with E-state index in [-0.39, 0.29) is 11.9 Å². The quantitative estimate of drug-likeness (QED) is 0.872. The van der Waals surface area contributed by atoms with Crippen LogP contribution in [0.3, 0.4) is 0 Å². The average Bonchev–Trinajstić information content (AvgIpc) is 3.00. The zero-order chi connectivity index (χ0) is 15.5. The zero-order valence-electron chi connectivity index (χ0n) is 12.8. The number of methoxy groups -OCH3 is 1. The minimum absolute atomic E-state index is 0.0450. The Labute approximate surface area is 134 Å². The van der Waals surface area contributed by atoms with Crippen molar-refractivity contribution in [2.75, 3.05) is 13.7 Å². The fourth-order valence-corrected chi connectivity index (χ4v) is 3.70.